The number of carboxylic acid groups (broad SMARTS) is 1. The number of carbonyl (C=O) groups excluding carboxylic acids is 1. The lowest BCUT2D eigenvalue weighted by molar-refractivity contribution is -0.136. The monoisotopic (exact) mass is 392 g/mol. The predicted molar refractivity (Wildman–Crippen MR) is 92.8 cm³/mol. The first-order valence-corrected chi connectivity index (χ1v) is 8.12. The van der Waals surface area contributed by atoms with Crippen LogP contribution in [0.3, 0.4) is 0 Å². The number of hydrogen-bond donors (Lipinski definition) is 1. The molecule has 2 aromatic rings. The van der Waals surface area contributed by atoms with Crippen LogP contribution in [0.4, 0.5) is 0 Å². The summed E-state index contributed by atoms with van der Waals surface area (Å²) in [5.41, 5.74) is 1.03. The molecule has 6 heteroatoms. The SMILES string of the molecule is CC(C)c1cc(Br)ccc1OCC(=O)Oc1cccc(C(=O)O)c1. The van der Waals surface area contributed by atoms with Crippen LogP contribution in [-0.2, 0) is 4.79 Å². The molecule has 0 aliphatic heterocycles. The average molecular weight is 393 g/mol. The van der Waals surface area contributed by atoms with Crippen molar-refractivity contribution in [1.29, 1.82) is 0 Å². The lowest BCUT2D eigenvalue weighted by Crippen LogP contribution is -2.18. The molecular formula is C18H17BrO5. The fraction of sp³-hybridized carbons (Fsp3) is 0.222. The third-order valence-corrected chi connectivity index (χ3v) is 3.75. The lowest BCUT2D eigenvalue weighted by Gasteiger charge is -2.14. The number of benzene rings is 2. The van der Waals surface area contributed by atoms with E-state index in [-0.39, 0.29) is 23.8 Å². The van der Waals surface area contributed by atoms with Crippen molar-refractivity contribution >= 4 is 27.9 Å². The van der Waals surface area contributed by atoms with E-state index in [1.807, 2.05) is 26.0 Å². The van der Waals surface area contributed by atoms with Gasteiger partial charge >= 0.3 is 11.9 Å². The van der Waals surface area contributed by atoms with Crippen molar-refractivity contribution in [3.63, 3.8) is 0 Å². The van der Waals surface area contributed by atoms with Crippen LogP contribution in [-0.4, -0.2) is 23.7 Å². The summed E-state index contributed by atoms with van der Waals surface area (Å²) >= 11 is 3.41. The standard InChI is InChI=1S/C18H17BrO5/c1-11(2)15-9-13(19)6-7-16(15)23-10-17(20)24-14-5-3-4-12(8-14)18(21)22/h3-9,11H,10H2,1-2H3,(H,21,22). The Balaban J connectivity index is 2.01. The topological polar surface area (TPSA) is 72.8 Å². The van der Waals surface area contributed by atoms with Crippen molar-refractivity contribution in [2.45, 2.75) is 19.8 Å². The van der Waals surface area contributed by atoms with Crippen molar-refractivity contribution in [3.05, 3.63) is 58.1 Å². The number of carboxylic acids is 1. The van der Waals surface area contributed by atoms with Gasteiger partial charge in [0.2, 0.25) is 0 Å². The number of ether oxygens (including phenoxy) is 2. The number of esters is 1. The summed E-state index contributed by atoms with van der Waals surface area (Å²) in [5.74, 6) is -0.663. The Hall–Kier alpha value is -2.34. The van der Waals surface area contributed by atoms with E-state index in [0.29, 0.717) is 5.75 Å². The fourth-order valence-electron chi connectivity index (χ4n) is 2.09. The van der Waals surface area contributed by atoms with E-state index in [0.717, 1.165) is 10.0 Å². The smallest absolute Gasteiger partial charge is 0.349 e. The minimum absolute atomic E-state index is 0.0521. The molecule has 0 bridgehead atoms. The number of hydrogen-bond acceptors (Lipinski definition) is 4. The Morgan fingerprint density at radius 1 is 1.17 bits per heavy atom. The highest BCUT2D eigenvalue weighted by Gasteiger charge is 2.12. The predicted octanol–water partition coefficient (Wildman–Crippen LogP) is 4.26. The number of rotatable bonds is 6. The summed E-state index contributed by atoms with van der Waals surface area (Å²) in [5, 5.41) is 8.93. The second kappa shape index (κ2) is 7.97. The van der Waals surface area contributed by atoms with Gasteiger partial charge in [-0.25, -0.2) is 9.59 Å². The van der Waals surface area contributed by atoms with Gasteiger partial charge in [0.1, 0.15) is 11.5 Å². The van der Waals surface area contributed by atoms with Crippen molar-refractivity contribution in [1.82, 2.24) is 0 Å². The zero-order chi connectivity index (χ0) is 17.7. The van der Waals surface area contributed by atoms with E-state index >= 15 is 0 Å². The first-order chi connectivity index (χ1) is 11.4. The zero-order valence-corrected chi connectivity index (χ0v) is 14.9. The molecule has 0 fully saturated rings. The van der Waals surface area contributed by atoms with E-state index in [9.17, 15) is 9.59 Å². The minimum Gasteiger partial charge on any atom is -0.482 e. The van der Waals surface area contributed by atoms with Gasteiger partial charge in [0.05, 0.1) is 5.56 Å². The Morgan fingerprint density at radius 2 is 1.92 bits per heavy atom. The average Bonchev–Trinajstić information content (AvgIpc) is 2.53. The van der Waals surface area contributed by atoms with Crippen LogP contribution >= 0.6 is 15.9 Å². The van der Waals surface area contributed by atoms with E-state index in [1.54, 1.807) is 6.07 Å². The maximum atomic E-state index is 11.9. The Kier molecular flexibility index (Phi) is 5.98. The summed E-state index contributed by atoms with van der Waals surface area (Å²) < 4.78 is 11.6. The molecule has 0 atom stereocenters. The maximum Gasteiger partial charge on any atom is 0.349 e. The van der Waals surface area contributed by atoms with Gasteiger partial charge in [-0.1, -0.05) is 35.8 Å². The van der Waals surface area contributed by atoms with E-state index in [1.165, 1.54) is 24.3 Å². The van der Waals surface area contributed by atoms with Gasteiger partial charge in [-0.15, -0.1) is 0 Å². The summed E-state index contributed by atoms with van der Waals surface area (Å²) in [7, 11) is 0. The van der Waals surface area contributed by atoms with Gasteiger partial charge in [-0.05, 0) is 47.9 Å². The summed E-state index contributed by atoms with van der Waals surface area (Å²) in [6.45, 7) is 3.80. The molecule has 0 spiro atoms. The highest BCUT2D eigenvalue weighted by molar-refractivity contribution is 9.10. The molecule has 0 aromatic heterocycles. The molecule has 0 unspecified atom stereocenters. The molecular weight excluding hydrogens is 376 g/mol. The van der Waals surface area contributed by atoms with E-state index in [2.05, 4.69) is 15.9 Å². The zero-order valence-electron chi connectivity index (χ0n) is 13.3. The molecule has 1 N–H and O–H groups in total. The van der Waals surface area contributed by atoms with Crippen molar-refractivity contribution in [2.24, 2.45) is 0 Å². The van der Waals surface area contributed by atoms with Crippen LogP contribution in [0.2, 0.25) is 0 Å². The lowest BCUT2D eigenvalue weighted by atomic mass is 10.0. The Labute approximate surface area is 148 Å². The van der Waals surface area contributed by atoms with Gasteiger partial charge in [0.25, 0.3) is 0 Å². The fourth-order valence-corrected chi connectivity index (χ4v) is 2.47. The largest absolute Gasteiger partial charge is 0.482 e. The number of halogens is 1. The number of carbonyl (C=O) groups is 2. The minimum atomic E-state index is -1.08. The van der Waals surface area contributed by atoms with Crippen LogP contribution in [0.15, 0.2) is 46.9 Å². The Morgan fingerprint density at radius 3 is 2.58 bits per heavy atom. The maximum absolute atomic E-state index is 11.9. The normalized spacial score (nSPS) is 10.5. The molecule has 0 saturated carbocycles. The Bertz CT molecular complexity index is 755. The molecule has 24 heavy (non-hydrogen) atoms. The van der Waals surface area contributed by atoms with Gasteiger partial charge < -0.3 is 14.6 Å². The first kappa shape index (κ1) is 18.0. The third-order valence-electron chi connectivity index (χ3n) is 3.25. The summed E-state index contributed by atoms with van der Waals surface area (Å²) in [6, 6.07) is 11.3. The highest BCUT2D eigenvalue weighted by atomic mass is 79.9. The molecule has 5 nitrogen and oxygen atoms in total. The molecule has 2 rings (SSSR count). The van der Waals surface area contributed by atoms with E-state index < -0.39 is 11.9 Å². The summed E-state index contributed by atoms with van der Waals surface area (Å²) in [6.07, 6.45) is 0. The van der Waals surface area contributed by atoms with Gasteiger partial charge in [0.15, 0.2) is 6.61 Å². The van der Waals surface area contributed by atoms with Crippen LogP contribution in [0, 0.1) is 0 Å². The van der Waals surface area contributed by atoms with Crippen LogP contribution in [0.25, 0.3) is 0 Å². The van der Waals surface area contributed by atoms with Crippen molar-refractivity contribution < 1.29 is 24.2 Å². The molecule has 0 aliphatic rings. The number of aromatic carboxylic acids is 1. The molecule has 2 aromatic carbocycles. The molecule has 0 heterocycles. The second-order valence-electron chi connectivity index (χ2n) is 5.43. The molecule has 0 amide bonds. The van der Waals surface area contributed by atoms with Crippen LogP contribution in [0.1, 0.15) is 35.7 Å². The van der Waals surface area contributed by atoms with Crippen molar-refractivity contribution in [2.75, 3.05) is 6.61 Å². The van der Waals surface area contributed by atoms with Gasteiger partial charge in [-0.3, -0.25) is 0 Å². The second-order valence-corrected chi connectivity index (χ2v) is 6.35. The van der Waals surface area contributed by atoms with E-state index in [4.69, 9.17) is 14.6 Å². The van der Waals surface area contributed by atoms with Gasteiger partial charge in [0, 0.05) is 4.47 Å². The highest BCUT2D eigenvalue weighted by Crippen LogP contribution is 2.29. The van der Waals surface area contributed by atoms with Gasteiger partial charge in [-0.2, -0.15) is 0 Å². The quantitative estimate of drug-likeness (QED) is 0.587. The van der Waals surface area contributed by atoms with Crippen LogP contribution in [0.5, 0.6) is 11.5 Å². The van der Waals surface area contributed by atoms with Crippen molar-refractivity contribution in [3.8, 4) is 11.5 Å². The molecule has 0 radical (unpaired) electrons. The third kappa shape index (κ3) is 4.83. The summed E-state index contributed by atoms with van der Waals surface area (Å²) in [4.78, 5) is 22.8. The first-order valence-electron chi connectivity index (χ1n) is 7.33. The molecule has 0 saturated heterocycles. The molecule has 126 valence electrons. The van der Waals surface area contributed by atoms with Crippen LogP contribution < -0.4 is 9.47 Å². The molecule has 0 aliphatic carbocycles.